The van der Waals surface area contributed by atoms with Crippen molar-refractivity contribution in [2.24, 2.45) is 5.10 Å². The molecular formula is C28H23BrClN3O3S. The van der Waals surface area contributed by atoms with Crippen molar-refractivity contribution in [3.05, 3.63) is 129 Å². The number of nitrogens with one attached hydrogen (secondary N) is 1. The highest BCUT2D eigenvalue weighted by molar-refractivity contribution is 9.10. The Morgan fingerprint density at radius 1 is 0.946 bits per heavy atom. The van der Waals surface area contributed by atoms with E-state index in [1.807, 2.05) is 31.2 Å². The predicted molar refractivity (Wildman–Crippen MR) is 152 cm³/mol. The molecule has 1 amide bonds. The zero-order chi connectivity index (χ0) is 26.4. The smallest absolute Gasteiger partial charge is 0.267 e. The molecule has 0 aromatic heterocycles. The second-order valence-electron chi connectivity index (χ2n) is 8.19. The minimum Gasteiger partial charge on any atom is -0.267 e. The highest BCUT2D eigenvalue weighted by Gasteiger charge is 2.28. The number of hydrogen-bond donors (Lipinski definition) is 1. The molecule has 0 saturated carbocycles. The molecule has 0 aliphatic rings. The van der Waals surface area contributed by atoms with Gasteiger partial charge >= 0.3 is 0 Å². The first-order valence-corrected chi connectivity index (χ1v) is 13.9. The van der Waals surface area contributed by atoms with Gasteiger partial charge in [-0.1, -0.05) is 87.7 Å². The van der Waals surface area contributed by atoms with E-state index in [9.17, 15) is 13.2 Å². The lowest BCUT2D eigenvalue weighted by Gasteiger charge is -2.26. The summed E-state index contributed by atoms with van der Waals surface area (Å²) in [6.07, 6.45) is 1.51. The highest BCUT2D eigenvalue weighted by atomic mass is 79.9. The van der Waals surface area contributed by atoms with Crippen molar-refractivity contribution in [1.29, 1.82) is 0 Å². The summed E-state index contributed by atoms with van der Waals surface area (Å²) in [6, 6.07) is 27.5. The minimum absolute atomic E-state index is 0.00208. The molecule has 37 heavy (non-hydrogen) atoms. The number of halogens is 2. The number of hydrogen-bond acceptors (Lipinski definition) is 4. The van der Waals surface area contributed by atoms with Gasteiger partial charge in [0.1, 0.15) is 0 Å². The third-order valence-corrected chi connectivity index (χ3v) is 8.29. The Hall–Kier alpha value is -3.46. The minimum atomic E-state index is -4.03. The van der Waals surface area contributed by atoms with E-state index in [0.717, 1.165) is 15.6 Å². The van der Waals surface area contributed by atoms with Gasteiger partial charge in [-0.05, 0) is 55.0 Å². The van der Waals surface area contributed by atoms with Crippen LogP contribution in [-0.4, -0.2) is 20.5 Å². The Morgan fingerprint density at radius 3 is 2.30 bits per heavy atom. The zero-order valence-electron chi connectivity index (χ0n) is 19.8. The van der Waals surface area contributed by atoms with Crippen LogP contribution in [0.1, 0.15) is 27.0 Å². The summed E-state index contributed by atoms with van der Waals surface area (Å²) in [6.45, 7) is 1.88. The maximum absolute atomic E-state index is 13.9. The van der Waals surface area contributed by atoms with Gasteiger partial charge < -0.3 is 0 Å². The molecule has 0 fully saturated rings. The van der Waals surface area contributed by atoms with Crippen molar-refractivity contribution in [2.45, 2.75) is 18.4 Å². The number of hydrazone groups is 1. The van der Waals surface area contributed by atoms with Crippen LogP contribution < -0.4 is 9.73 Å². The van der Waals surface area contributed by atoms with E-state index in [-0.39, 0.29) is 22.7 Å². The Morgan fingerprint density at radius 2 is 1.59 bits per heavy atom. The molecule has 1 N–H and O–H groups in total. The van der Waals surface area contributed by atoms with Gasteiger partial charge in [0.25, 0.3) is 15.9 Å². The maximum Gasteiger partial charge on any atom is 0.273 e. The van der Waals surface area contributed by atoms with Gasteiger partial charge in [0.05, 0.1) is 28.9 Å². The topological polar surface area (TPSA) is 78.8 Å². The third-order valence-electron chi connectivity index (χ3n) is 5.54. The van der Waals surface area contributed by atoms with Crippen LogP contribution in [0.5, 0.6) is 0 Å². The quantitative estimate of drug-likeness (QED) is 0.185. The van der Waals surface area contributed by atoms with Crippen LogP contribution >= 0.6 is 27.5 Å². The van der Waals surface area contributed by atoms with Crippen molar-refractivity contribution in [1.82, 2.24) is 5.43 Å². The summed E-state index contributed by atoms with van der Waals surface area (Å²) in [5, 5.41) is 4.61. The van der Waals surface area contributed by atoms with Crippen LogP contribution in [0.25, 0.3) is 0 Å². The SMILES string of the molecule is Cc1ccc(S(=O)(=O)N(Cc2ccc(Cl)cc2)c2ccccc2C(=O)N/N=C\c2ccccc2Br)cc1. The van der Waals surface area contributed by atoms with E-state index < -0.39 is 15.9 Å². The van der Waals surface area contributed by atoms with Gasteiger partial charge in [0.15, 0.2) is 0 Å². The van der Waals surface area contributed by atoms with Gasteiger partial charge in [-0.3, -0.25) is 9.10 Å². The Bertz CT molecular complexity index is 1540. The van der Waals surface area contributed by atoms with Crippen molar-refractivity contribution < 1.29 is 13.2 Å². The number of carbonyl (C=O) groups excluding carboxylic acids is 1. The number of rotatable bonds is 8. The molecule has 6 nitrogen and oxygen atoms in total. The van der Waals surface area contributed by atoms with Crippen LogP contribution in [-0.2, 0) is 16.6 Å². The number of anilines is 1. The molecule has 0 saturated heterocycles. The molecule has 0 aliphatic carbocycles. The molecule has 0 atom stereocenters. The van der Waals surface area contributed by atoms with Crippen LogP contribution in [0.15, 0.2) is 112 Å². The lowest BCUT2D eigenvalue weighted by atomic mass is 10.1. The number of amides is 1. The lowest BCUT2D eigenvalue weighted by Crippen LogP contribution is -2.33. The molecular weight excluding hydrogens is 574 g/mol. The van der Waals surface area contributed by atoms with E-state index in [2.05, 4.69) is 26.5 Å². The maximum atomic E-state index is 13.9. The van der Waals surface area contributed by atoms with E-state index in [0.29, 0.717) is 10.6 Å². The summed E-state index contributed by atoms with van der Waals surface area (Å²) in [4.78, 5) is 13.3. The summed E-state index contributed by atoms with van der Waals surface area (Å²) in [7, 11) is -4.03. The molecule has 0 spiro atoms. The number of nitrogens with zero attached hydrogens (tertiary/aromatic N) is 2. The third kappa shape index (κ3) is 6.46. The second-order valence-corrected chi connectivity index (χ2v) is 11.3. The van der Waals surface area contributed by atoms with Crippen LogP contribution in [0, 0.1) is 6.92 Å². The van der Waals surface area contributed by atoms with Crippen molar-refractivity contribution in [2.75, 3.05) is 4.31 Å². The Kier molecular flexibility index (Phi) is 8.43. The first kappa shape index (κ1) is 26.6. The average molecular weight is 597 g/mol. The lowest BCUT2D eigenvalue weighted by molar-refractivity contribution is 0.0955. The fourth-order valence-corrected chi connectivity index (χ4v) is 5.56. The van der Waals surface area contributed by atoms with E-state index in [4.69, 9.17) is 11.6 Å². The number of sulfonamides is 1. The normalized spacial score (nSPS) is 11.4. The number of aryl methyl sites for hydroxylation is 1. The van der Waals surface area contributed by atoms with Gasteiger partial charge in [-0.15, -0.1) is 0 Å². The Labute approximate surface area is 229 Å². The fraction of sp³-hybridized carbons (Fsp3) is 0.0714. The van der Waals surface area contributed by atoms with Gasteiger partial charge in [-0.25, -0.2) is 13.8 Å². The van der Waals surface area contributed by atoms with E-state index in [1.54, 1.807) is 72.8 Å². The van der Waals surface area contributed by atoms with Gasteiger partial charge in [0, 0.05) is 15.1 Å². The second kappa shape index (κ2) is 11.7. The largest absolute Gasteiger partial charge is 0.273 e. The molecule has 0 unspecified atom stereocenters. The van der Waals surface area contributed by atoms with Crippen molar-refractivity contribution >= 4 is 55.4 Å². The molecule has 4 aromatic rings. The van der Waals surface area contributed by atoms with Gasteiger partial charge in [0.2, 0.25) is 0 Å². The summed E-state index contributed by atoms with van der Waals surface area (Å²) >= 11 is 9.47. The molecule has 4 aromatic carbocycles. The predicted octanol–water partition coefficient (Wildman–Crippen LogP) is 6.57. The molecule has 4 rings (SSSR count). The van der Waals surface area contributed by atoms with Crippen molar-refractivity contribution in [3.63, 3.8) is 0 Å². The van der Waals surface area contributed by atoms with Crippen molar-refractivity contribution in [3.8, 4) is 0 Å². The molecule has 0 heterocycles. The monoisotopic (exact) mass is 595 g/mol. The van der Waals surface area contributed by atoms with E-state index in [1.165, 1.54) is 10.5 Å². The average Bonchev–Trinajstić information content (AvgIpc) is 2.89. The first-order valence-electron chi connectivity index (χ1n) is 11.3. The Balaban J connectivity index is 1.72. The molecule has 9 heteroatoms. The number of para-hydroxylation sites is 1. The number of benzene rings is 4. The van der Waals surface area contributed by atoms with E-state index >= 15 is 0 Å². The van der Waals surface area contributed by atoms with Gasteiger partial charge in [-0.2, -0.15) is 5.10 Å². The highest BCUT2D eigenvalue weighted by Crippen LogP contribution is 2.30. The summed E-state index contributed by atoms with van der Waals surface area (Å²) in [5.74, 6) is -0.542. The summed E-state index contributed by atoms with van der Waals surface area (Å²) < 4.78 is 29.8. The molecule has 0 bridgehead atoms. The molecule has 188 valence electrons. The van der Waals surface area contributed by atoms with Crippen LogP contribution in [0.3, 0.4) is 0 Å². The molecule has 0 aliphatic heterocycles. The standard InChI is InChI=1S/C28H23BrClN3O3S/c1-20-10-16-24(17-11-20)37(35,36)33(19-21-12-14-23(30)15-13-21)27-9-5-3-7-25(27)28(34)32-31-18-22-6-2-4-8-26(22)29/h2-18H,19H2,1H3,(H,32,34)/b31-18-. The molecule has 0 radical (unpaired) electrons. The zero-order valence-corrected chi connectivity index (χ0v) is 23.0. The van der Waals surface area contributed by atoms with Crippen LogP contribution in [0.2, 0.25) is 5.02 Å². The first-order chi connectivity index (χ1) is 17.8. The van der Waals surface area contributed by atoms with Crippen LogP contribution in [0.4, 0.5) is 5.69 Å². The fourth-order valence-electron chi connectivity index (χ4n) is 3.58. The number of carbonyl (C=O) groups is 1. The summed E-state index contributed by atoms with van der Waals surface area (Å²) in [5.41, 5.74) is 5.33.